The average molecular weight is 595 g/mol. The molecule has 3 saturated heterocycles. The maximum atomic E-state index is 14.6. The first-order chi connectivity index (χ1) is 20.8. The number of aliphatic hydroxyl groups is 1. The van der Waals surface area contributed by atoms with Gasteiger partial charge in [0, 0.05) is 13.1 Å². The first kappa shape index (κ1) is 32.9. The Morgan fingerprint density at radius 3 is 2.56 bits per heavy atom. The van der Waals surface area contributed by atoms with Crippen molar-refractivity contribution in [1.82, 2.24) is 9.80 Å². The molecule has 6 atom stereocenters. The van der Waals surface area contributed by atoms with Gasteiger partial charge in [0.25, 0.3) is 0 Å². The topological polar surface area (TPSA) is 96.4 Å². The number of hydrogen-bond donors (Lipinski definition) is 1. The number of likely N-dealkylation sites (tertiary alicyclic amines) is 1. The molecule has 0 saturated carbocycles. The number of rotatable bonds is 18. The summed E-state index contributed by atoms with van der Waals surface area (Å²) in [6.45, 7) is 12.6. The molecule has 8 nitrogen and oxygen atoms in total. The molecule has 3 aliphatic rings. The predicted octanol–water partition coefficient (Wildman–Crippen LogP) is 4.85. The molecule has 2 unspecified atom stereocenters. The quantitative estimate of drug-likeness (QED) is 0.148. The molecular weight excluding hydrogens is 544 g/mol. The molecule has 4 rings (SSSR count). The molecule has 1 aromatic rings. The summed E-state index contributed by atoms with van der Waals surface area (Å²) < 4.78 is 12.7. The Morgan fingerprint density at radius 1 is 1.14 bits per heavy atom. The Morgan fingerprint density at radius 2 is 1.91 bits per heavy atom. The Bertz CT molecular complexity index is 1140. The Balaban J connectivity index is 1.73. The monoisotopic (exact) mass is 594 g/mol. The standard InChI is InChI=1S/C35H50N2O6/c1-5-9-11-16-23-42-33(41)29-28-31(39)37(27(25-38)24-26-17-13-12-14-18-26)30(35(28)20-19-34(29,8-4)43-35)32(40)36(21-7-3)22-15-10-6-2/h5,7,12-14,17-18,27-30,38H,1,3,6,8-11,15-16,19-25H2,2,4H3/t27-,28+,29+,30?,34-,35?/m1/s1. The SMILES string of the molecule is C=CCCCCOC(=O)[C@@H]1[C@H]2C(=O)N([C@@H](CO)Cc3ccccc3)C(C(=O)N(CC=C)CCCCC)C23CC[C@@]1(CC)O3. The molecule has 0 aromatic heterocycles. The second-order valence-electron chi connectivity index (χ2n) is 12.3. The lowest BCUT2D eigenvalue weighted by Crippen LogP contribution is -2.59. The van der Waals surface area contributed by atoms with Crippen LogP contribution < -0.4 is 0 Å². The highest BCUT2D eigenvalue weighted by molar-refractivity contribution is 5.98. The van der Waals surface area contributed by atoms with Gasteiger partial charge >= 0.3 is 5.97 Å². The summed E-state index contributed by atoms with van der Waals surface area (Å²) >= 11 is 0. The molecule has 1 spiro atoms. The van der Waals surface area contributed by atoms with E-state index in [0.717, 1.165) is 37.7 Å². The Kier molecular flexibility index (Phi) is 11.2. The highest BCUT2D eigenvalue weighted by Gasteiger charge is 2.79. The van der Waals surface area contributed by atoms with Gasteiger partial charge < -0.3 is 24.4 Å². The number of fused-ring (bicyclic) bond motifs is 1. The Hall–Kier alpha value is -2.97. The highest BCUT2D eigenvalue weighted by Crippen LogP contribution is 2.65. The minimum atomic E-state index is -1.16. The van der Waals surface area contributed by atoms with Crippen LogP contribution in [-0.2, 0) is 30.3 Å². The maximum absolute atomic E-state index is 14.6. The average Bonchev–Trinajstić information content (AvgIpc) is 3.63. The molecule has 3 heterocycles. The summed E-state index contributed by atoms with van der Waals surface area (Å²) in [5.74, 6) is -2.58. The molecule has 0 aliphatic carbocycles. The van der Waals surface area contributed by atoms with Crippen molar-refractivity contribution in [2.24, 2.45) is 11.8 Å². The fourth-order valence-electron chi connectivity index (χ4n) is 7.65. The van der Waals surface area contributed by atoms with Crippen LogP contribution in [0, 0.1) is 11.8 Å². The van der Waals surface area contributed by atoms with Gasteiger partial charge in [-0.05, 0) is 56.9 Å². The molecule has 0 radical (unpaired) electrons. The zero-order chi connectivity index (χ0) is 31.0. The van der Waals surface area contributed by atoms with E-state index in [0.29, 0.717) is 45.2 Å². The number of hydrogen-bond acceptors (Lipinski definition) is 6. The van der Waals surface area contributed by atoms with E-state index in [2.05, 4.69) is 20.1 Å². The lowest BCUT2D eigenvalue weighted by Gasteiger charge is -2.39. The van der Waals surface area contributed by atoms with E-state index in [-0.39, 0.29) is 25.0 Å². The third-order valence-corrected chi connectivity index (χ3v) is 9.76. The fourth-order valence-corrected chi connectivity index (χ4v) is 7.65. The van der Waals surface area contributed by atoms with Crippen molar-refractivity contribution >= 4 is 17.8 Å². The number of carbonyl (C=O) groups excluding carboxylic acids is 3. The number of unbranched alkanes of at least 4 members (excludes halogenated alkanes) is 4. The molecule has 1 aromatic carbocycles. The molecule has 8 heteroatoms. The largest absolute Gasteiger partial charge is 0.465 e. The third-order valence-electron chi connectivity index (χ3n) is 9.76. The van der Waals surface area contributed by atoms with Gasteiger partial charge in [-0.25, -0.2) is 0 Å². The van der Waals surface area contributed by atoms with Crippen LogP contribution in [-0.4, -0.2) is 82.3 Å². The molecular formula is C35H50N2O6. The second kappa shape index (κ2) is 14.7. The van der Waals surface area contributed by atoms with Gasteiger partial charge in [0.15, 0.2) is 0 Å². The van der Waals surface area contributed by atoms with Crippen LogP contribution in [0.4, 0.5) is 0 Å². The normalized spacial score (nSPS) is 28.0. The molecule has 236 valence electrons. The van der Waals surface area contributed by atoms with Gasteiger partial charge in [0.05, 0.1) is 30.8 Å². The predicted molar refractivity (Wildman–Crippen MR) is 166 cm³/mol. The smallest absolute Gasteiger partial charge is 0.312 e. The van der Waals surface area contributed by atoms with Gasteiger partial charge in [0.1, 0.15) is 17.6 Å². The first-order valence-corrected chi connectivity index (χ1v) is 16.2. The van der Waals surface area contributed by atoms with E-state index < -0.39 is 41.1 Å². The first-order valence-electron chi connectivity index (χ1n) is 16.2. The van der Waals surface area contributed by atoms with Crippen molar-refractivity contribution in [3.63, 3.8) is 0 Å². The van der Waals surface area contributed by atoms with Crippen LogP contribution in [0.25, 0.3) is 0 Å². The van der Waals surface area contributed by atoms with Crippen molar-refractivity contribution < 1.29 is 29.0 Å². The minimum absolute atomic E-state index is 0.205. The number of esters is 1. The van der Waals surface area contributed by atoms with Gasteiger partial charge in [-0.1, -0.05) is 69.2 Å². The summed E-state index contributed by atoms with van der Waals surface area (Å²) in [5.41, 5.74) is -1.07. The molecule has 2 amide bonds. The second-order valence-corrected chi connectivity index (χ2v) is 12.3. The van der Waals surface area contributed by atoms with Crippen molar-refractivity contribution in [3.8, 4) is 0 Å². The van der Waals surface area contributed by atoms with Crippen LogP contribution >= 0.6 is 0 Å². The van der Waals surface area contributed by atoms with E-state index in [1.54, 1.807) is 15.9 Å². The van der Waals surface area contributed by atoms with E-state index in [9.17, 15) is 19.5 Å². The number of ether oxygens (including phenoxy) is 2. The summed E-state index contributed by atoms with van der Waals surface area (Å²) in [6.07, 6.45) is 10.8. The molecule has 2 bridgehead atoms. The lowest BCUT2D eigenvalue weighted by atomic mass is 9.65. The van der Waals surface area contributed by atoms with Crippen LogP contribution in [0.2, 0.25) is 0 Å². The maximum Gasteiger partial charge on any atom is 0.312 e. The van der Waals surface area contributed by atoms with E-state index in [1.807, 2.05) is 43.3 Å². The summed E-state index contributed by atoms with van der Waals surface area (Å²) in [5, 5.41) is 10.7. The number of allylic oxidation sites excluding steroid dienone is 1. The van der Waals surface area contributed by atoms with Crippen molar-refractivity contribution in [3.05, 3.63) is 61.2 Å². The van der Waals surface area contributed by atoms with Gasteiger partial charge in [-0.3, -0.25) is 14.4 Å². The van der Waals surface area contributed by atoms with Crippen LogP contribution in [0.15, 0.2) is 55.6 Å². The number of amides is 2. The number of carbonyl (C=O) groups is 3. The zero-order valence-corrected chi connectivity index (χ0v) is 26.0. The number of benzene rings is 1. The van der Waals surface area contributed by atoms with E-state index in [4.69, 9.17) is 9.47 Å². The summed E-state index contributed by atoms with van der Waals surface area (Å²) in [6, 6.07) is 8.06. The molecule has 3 aliphatic heterocycles. The van der Waals surface area contributed by atoms with E-state index in [1.165, 1.54) is 0 Å². The van der Waals surface area contributed by atoms with Crippen molar-refractivity contribution in [2.45, 2.75) is 101 Å². The van der Waals surface area contributed by atoms with Crippen molar-refractivity contribution in [2.75, 3.05) is 26.3 Å². The molecule has 1 N–H and O–H groups in total. The summed E-state index contributed by atoms with van der Waals surface area (Å²) in [4.78, 5) is 46.4. The Labute approximate surface area is 257 Å². The van der Waals surface area contributed by atoms with Crippen LogP contribution in [0.1, 0.15) is 77.2 Å². The van der Waals surface area contributed by atoms with Crippen molar-refractivity contribution in [1.29, 1.82) is 0 Å². The number of aliphatic hydroxyl groups excluding tert-OH is 1. The fraction of sp³-hybridized carbons (Fsp3) is 0.629. The lowest BCUT2D eigenvalue weighted by molar-refractivity contribution is -0.163. The van der Waals surface area contributed by atoms with Crippen LogP contribution in [0.5, 0.6) is 0 Å². The summed E-state index contributed by atoms with van der Waals surface area (Å²) in [7, 11) is 0. The number of nitrogens with zero attached hydrogens (tertiary/aromatic N) is 2. The van der Waals surface area contributed by atoms with Gasteiger partial charge in [-0.15, -0.1) is 13.2 Å². The molecule has 3 fully saturated rings. The highest BCUT2D eigenvalue weighted by atomic mass is 16.6. The van der Waals surface area contributed by atoms with E-state index >= 15 is 0 Å². The van der Waals surface area contributed by atoms with Gasteiger partial charge in [0.2, 0.25) is 11.8 Å². The third kappa shape index (κ3) is 6.32. The molecule has 43 heavy (non-hydrogen) atoms. The zero-order valence-electron chi connectivity index (χ0n) is 26.0. The van der Waals surface area contributed by atoms with Gasteiger partial charge in [-0.2, -0.15) is 0 Å². The minimum Gasteiger partial charge on any atom is -0.465 e. The van der Waals surface area contributed by atoms with Crippen LogP contribution in [0.3, 0.4) is 0 Å².